The minimum atomic E-state index is -1.42. The zero-order valence-corrected chi connectivity index (χ0v) is 19.5. The predicted molar refractivity (Wildman–Crippen MR) is 113 cm³/mol. The Balaban J connectivity index is 2.64. The molecule has 2 rings (SSSR count). The van der Waals surface area contributed by atoms with Crippen LogP contribution in [0, 0.1) is 5.92 Å². The highest BCUT2D eigenvalue weighted by Crippen LogP contribution is 2.41. The van der Waals surface area contributed by atoms with E-state index in [-0.39, 0.29) is 6.61 Å². The van der Waals surface area contributed by atoms with E-state index in [9.17, 15) is 24.0 Å². The molecular weight excluding hydrogens is 452 g/mol. The topological polar surface area (TPSA) is 141 Å². The van der Waals surface area contributed by atoms with Crippen molar-refractivity contribution in [2.75, 3.05) is 6.61 Å². The van der Waals surface area contributed by atoms with Crippen molar-refractivity contribution in [3.8, 4) is 0 Å². The Labute approximate surface area is 196 Å². The largest absolute Gasteiger partial charge is 0.463 e. The number of rotatable bonds is 8. The Morgan fingerprint density at radius 1 is 0.765 bits per heavy atom. The summed E-state index contributed by atoms with van der Waals surface area (Å²) >= 11 is 0. The van der Waals surface area contributed by atoms with Crippen molar-refractivity contribution in [3.63, 3.8) is 0 Å². The van der Waals surface area contributed by atoms with E-state index < -0.39 is 66.5 Å². The van der Waals surface area contributed by atoms with E-state index in [1.54, 1.807) is 30.3 Å². The lowest BCUT2D eigenvalue weighted by molar-refractivity contribution is -0.297. The fraction of sp³-hybridized carbons (Fsp3) is 0.522. The van der Waals surface area contributed by atoms with Gasteiger partial charge in [-0.1, -0.05) is 30.3 Å². The number of hydrogen-bond acceptors (Lipinski definition) is 11. The van der Waals surface area contributed by atoms with Gasteiger partial charge in [0.05, 0.1) is 0 Å². The Bertz CT molecular complexity index is 897. The van der Waals surface area contributed by atoms with Gasteiger partial charge in [-0.3, -0.25) is 24.0 Å². The maximum absolute atomic E-state index is 12.1. The summed E-state index contributed by atoms with van der Waals surface area (Å²) in [5, 5.41) is 0. The standard InChI is InChI=1S/C23H28O11/c1-12(24)29-11-18-21(31-14(3)26)22(32-15(4)27)19(23(34-18)33-16(5)28)20(30-13(2)25)17-9-7-6-8-10-17/h6-10,18-23H,11H2,1-5H3/t18-,19+,20+,21-,22-,23+/m1/s1. The summed E-state index contributed by atoms with van der Waals surface area (Å²) in [6.07, 6.45) is -6.28. The zero-order chi connectivity index (χ0) is 25.4. The number of carbonyl (C=O) groups excluding carboxylic acids is 5. The number of ether oxygens (including phenoxy) is 6. The van der Waals surface area contributed by atoms with Crippen molar-refractivity contribution in [3.05, 3.63) is 35.9 Å². The Morgan fingerprint density at radius 3 is 1.82 bits per heavy atom. The number of esters is 5. The molecule has 6 atom stereocenters. The number of benzene rings is 1. The third kappa shape index (κ3) is 7.55. The van der Waals surface area contributed by atoms with Gasteiger partial charge in [0.1, 0.15) is 24.7 Å². The van der Waals surface area contributed by atoms with Crippen LogP contribution in [0.1, 0.15) is 46.3 Å². The normalized spacial score (nSPS) is 24.8. The van der Waals surface area contributed by atoms with E-state index >= 15 is 0 Å². The van der Waals surface area contributed by atoms with E-state index in [2.05, 4.69) is 0 Å². The van der Waals surface area contributed by atoms with Crippen LogP contribution in [0.3, 0.4) is 0 Å². The molecule has 0 N–H and O–H groups in total. The van der Waals surface area contributed by atoms with Gasteiger partial charge in [0, 0.05) is 34.6 Å². The molecule has 1 aromatic carbocycles. The second-order valence-corrected chi connectivity index (χ2v) is 7.62. The van der Waals surface area contributed by atoms with E-state index in [1.165, 1.54) is 13.8 Å². The molecule has 1 heterocycles. The second kappa shape index (κ2) is 12.1. The van der Waals surface area contributed by atoms with Crippen molar-refractivity contribution in [2.24, 2.45) is 5.92 Å². The van der Waals surface area contributed by atoms with Crippen LogP contribution in [0.5, 0.6) is 0 Å². The number of carbonyl (C=O) groups is 5. The van der Waals surface area contributed by atoms with Crippen LogP contribution in [-0.4, -0.2) is 61.1 Å². The van der Waals surface area contributed by atoms with E-state index in [1.807, 2.05) is 0 Å². The minimum Gasteiger partial charge on any atom is -0.463 e. The third-order valence-corrected chi connectivity index (χ3v) is 4.80. The SMILES string of the molecule is CC(=O)OC[C@H]1O[C@H](OC(C)=O)[C@@H]([C@@H](OC(C)=O)c2ccccc2)[C@@H](OC(C)=O)[C@@H]1OC(C)=O. The molecule has 0 amide bonds. The highest BCUT2D eigenvalue weighted by atomic mass is 16.7. The van der Waals surface area contributed by atoms with Crippen LogP contribution in [0.4, 0.5) is 0 Å². The van der Waals surface area contributed by atoms with Crippen molar-refractivity contribution >= 4 is 29.8 Å². The van der Waals surface area contributed by atoms with Gasteiger partial charge in [0.15, 0.2) is 12.2 Å². The molecular formula is C23H28O11. The molecule has 0 spiro atoms. The summed E-state index contributed by atoms with van der Waals surface area (Å²) in [6, 6.07) is 8.47. The monoisotopic (exact) mass is 480 g/mol. The first-order valence-corrected chi connectivity index (χ1v) is 10.5. The molecule has 1 aromatic rings. The maximum atomic E-state index is 12.1. The molecule has 0 radical (unpaired) electrons. The van der Waals surface area contributed by atoms with Crippen LogP contribution in [0.2, 0.25) is 0 Å². The van der Waals surface area contributed by atoms with E-state index in [0.29, 0.717) is 5.56 Å². The number of hydrogen-bond donors (Lipinski definition) is 0. The van der Waals surface area contributed by atoms with Gasteiger partial charge >= 0.3 is 29.8 Å². The zero-order valence-electron chi connectivity index (χ0n) is 19.5. The van der Waals surface area contributed by atoms with Crippen LogP contribution < -0.4 is 0 Å². The van der Waals surface area contributed by atoms with Gasteiger partial charge in [-0.15, -0.1) is 0 Å². The quantitative estimate of drug-likeness (QED) is 0.396. The first kappa shape index (κ1) is 26.8. The molecule has 1 saturated heterocycles. The molecule has 186 valence electrons. The Kier molecular flexibility index (Phi) is 9.55. The summed E-state index contributed by atoms with van der Waals surface area (Å²) in [5.41, 5.74) is 0.487. The average Bonchev–Trinajstić information content (AvgIpc) is 2.72. The average molecular weight is 480 g/mol. The second-order valence-electron chi connectivity index (χ2n) is 7.62. The van der Waals surface area contributed by atoms with Gasteiger partial charge in [-0.2, -0.15) is 0 Å². The van der Waals surface area contributed by atoms with Gasteiger partial charge < -0.3 is 28.4 Å². The minimum absolute atomic E-state index is 0.390. The van der Waals surface area contributed by atoms with Crippen molar-refractivity contribution < 1.29 is 52.4 Å². The molecule has 1 aliphatic rings. The molecule has 0 saturated carbocycles. The fourth-order valence-electron chi connectivity index (χ4n) is 3.71. The molecule has 11 heteroatoms. The molecule has 1 aliphatic heterocycles. The first-order valence-electron chi connectivity index (χ1n) is 10.5. The van der Waals surface area contributed by atoms with Gasteiger partial charge in [-0.25, -0.2) is 0 Å². The van der Waals surface area contributed by atoms with Crippen LogP contribution in [0.25, 0.3) is 0 Å². The summed E-state index contributed by atoms with van der Waals surface area (Å²) in [4.78, 5) is 59.3. The van der Waals surface area contributed by atoms with Gasteiger partial charge in [-0.05, 0) is 5.56 Å². The summed E-state index contributed by atoms with van der Waals surface area (Å²) in [7, 11) is 0. The Morgan fingerprint density at radius 2 is 1.32 bits per heavy atom. The van der Waals surface area contributed by atoms with Gasteiger partial charge in [0.25, 0.3) is 0 Å². The summed E-state index contributed by atoms with van der Waals surface area (Å²) in [6.45, 7) is 5.40. The molecule has 34 heavy (non-hydrogen) atoms. The van der Waals surface area contributed by atoms with E-state index in [4.69, 9.17) is 28.4 Å². The van der Waals surface area contributed by atoms with Crippen LogP contribution in [-0.2, 0) is 52.4 Å². The lowest BCUT2D eigenvalue weighted by Gasteiger charge is -2.46. The molecule has 11 nitrogen and oxygen atoms in total. The Hall–Kier alpha value is -3.47. The molecule has 1 fully saturated rings. The van der Waals surface area contributed by atoms with Crippen molar-refractivity contribution in [1.29, 1.82) is 0 Å². The van der Waals surface area contributed by atoms with Crippen molar-refractivity contribution in [2.45, 2.75) is 65.3 Å². The molecule has 0 aliphatic carbocycles. The highest BCUT2D eigenvalue weighted by Gasteiger charge is 2.55. The summed E-state index contributed by atoms with van der Waals surface area (Å²) in [5.74, 6) is -4.64. The van der Waals surface area contributed by atoms with Crippen LogP contribution in [0.15, 0.2) is 30.3 Å². The first-order chi connectivity index (χ1) is 16.0. The third-order valence-electron chi connectivity index (χ3n) is 4.80. The molecule has 0 unspecified atom stereocenters. The highest BCUT2D eigenvalue weighted by molar-refractivity contribution is 5.69. The summed E-state index contributed by atoms with van der Waals surface area (Å²) < 4.78 is 32.8. The predicted octanol–water partition coefficient (Wildman–Crippen LogP) is 1.62. The van der Waals surface area contributed by atoms with Crippen LogP contribution >= 0.6 is 0 Å². The molecule has 0 bridgehead atoms. The van der Waals surface area contributed by atoms with Gasteiger partial charge in [0.2, 0.25) is 6.29 Å². The smallest absolute Gasteiger partial charge is 0.304 e. The van der Waals surface area contributed by atoms with Crippen molar-refractivity contribution in [1.82, 2.24) is 0 Å². The lowest BCUT2D eigenvalue weighted by atomic mass is 9.83. The molecule has 0 aromatic heterocycles. The van der Waals surface area contributed by atoms with E-state index in [0.717, 1.165) is 20.8 Å². The lowest BCUT2D eigenvalue weighted by Crippen LogP contribution is -2.61. The fourth-order valence-corrected chi connectivity index (χ4v) is 3.71. The maximum Gasteiger partial charge on any atom is 0.304 e.